The zero-order chi connectivity index (χ0) is 19.0. The van der Waals surface area contributed by atoms with Crippen LogP contribution < -0.4 is 10.9 Å². The maximum Gasteiger partial charge on any atom is 0.340 e. The fourth-order valence-corrected chi connectivity index (χ4v) is 2.99. The van der Waals surface area contributed by atoms with Crippen molar-refractivity contribution < 1.29 is 23.5 Å². The summed E-state index contributed by atoms with van der Waals surface area (Å²) in [7, 11) is 0. The van der Waals surface area contributed by atoms with Crippen LogP contribution in [0, 0.1) is 13.8 Å². The van der Waals surface area contributed by atoms with Crippen LogP contribution in [-0.2, 0) is 16.0 Å². The van der Waals surface area contributed by atoms with E-state index in [1.54, 1.807) is 26.2 Å². The normalized spacial score (nSPS) is 12.4. The van der Waals surface area contributed by atoms with E-state index in [0.29, 0.717) is 16.7 Å². The zero-order valence-corrected chi connectivity index (χ0v) is 14.7. The van der Waals surface area contributed by atoms with E-state index >= 15 is 0 Å². The molecule has 2 aromatic heterocycles. The number of carboxylic acid groups (broad SMARTS) is 1. The summed E-state index contributed by atoms with van der Waals surface area (Å²) >= 11 is 0. The largest absolute Gasteiger partial charge is 0.480 e. The third-order valence-corrected chi connectivity index (χ3v) is 4.55. The van der Waals surface area contributed by atoms with Gasteiger partial charge in [-0.05, 0) is 37.5 Å². The van der Waals surface area contributed by atoms with Gasteiger partial charge in [0, 0.05) is 16.8 Å². The Hall–Kier alpha value is -3.09. The maximum absolute atomic E-state index is 12.3. The van der Waals surface area contributed by atoms with Crippen LogP contribution in [0.3, 0.4) is 0 Å². The molecule has 0 fully saturated rings. The number of aryl methyl sites for hydroxylation is 2. The summed E-state index contributed by atoms with van der Waals surface area (Å²) in [5, 5.41) is 13.1. The molecule has 1 aromatic carbocycles. The van der Waals surface area contributed by atoms with Crippen LogP contribution in [-0.4, -0.2) is 23.0 Å². The summed E-state index contributed by atoms with van der Waals surface area (Å²) in [6.07, 6.45) is 1.64. The van der Waals surface area contributed by atoms with Crippen molar-refractivity contribution in [3.05, 3.63) is 45.5 Å². The van der Waals surface area contributed by atoms with Gasteiger partial charge in [0.1, 0.15) is 17.2 Å². The second-order valence-corrected chi connectivity index (χ2v) is 6.30. The van der Waals surface area contributed by atoms with Crippen LogP contribution in [0.25, 0.3) is 21.9 Å². The third kappa shape index (κ3) is 3.08. The van der Waals surface area contributed by atoms with E-state index in [9.17, 15) is 14.4 Å². The van der Waals surface area contributed by atoms with Crippen molar-refractivity contribution in [1.82, 2.24) is 5.32 Å². The number of benzene rings is 1. The molecule has 0 aliphatic carbocycles. The molecule has 2 heterocycles. The molecular weight excluding hydrogens is 338 g/mol. The number of hydrogen-bond acceptors (Lipinski definition) is 5. The smallest absolute Gasteiger partial charge is 0.340 e. The van der Waals surface area contributed by atoms with E-state index in [2.05, 4.69) is 5.32 Å². The fraction of sp³-hybridized carbons (Fsp3) is 0.316. The van der Waals surface area contributed by atoms with Crippen LogP contribution in [0.4, 0.5) is 0 Å². The highest BCUT2D eigenvalue weighted by atomic mass is 16.4. The lowest BCUT2D eigenvalue weighted by Crippen LogP contribution is -2.41. The molecular formula is C19H19NO6. The van der Waals surface area contributed by atoms with Gasteiger partial charge in [0.05, 0.1) is 18.2 Å². The van der Waals surface area contributed by atoms with Gasteiger partial charge in [-0.3, -0.25) is 4.79 Å². The molecule has 0 radical (unpaired) electrons. The first-order valence-corrected chi connectivity index (χ1v) is 8.28. The third-order valence-electron chi connectivity index (χ3n) is 4.55. The first kappa shape index (κ1) is 17.7. The van der Waals surface area contributed by atoms with Gasteiger partial charge in [-0.25, -0.2) is 9.59 Å². The first-order chi connectivity index (χ1) is 12.3. The monoisotopic (exact) mass is 357 g/mol. The fourth-order valence-electron chi connectivity index (χ4n) is 2.99. The molecule has 2 N–H and O–H groups in total. The number of rotatable bonds is 5. The molecule has 26 heavy (non-hydrogen) atoms. The highest BCUT2D eigenvalue weighted by molar-refractivity contribution is 5.96. The van der Waals surface area contributed by atoms with Crippen molar-refractivity contribution in [3.8, 4) is 0 Å². The topological polar surface area (TPSA) is 110 Å². The Morgan fingerprint density at radius 2 is 1.92 bits per heavy atom. The summed E-state index contributed by atoms with van der Waals surface area (Å²) in [5.41, 5.74) is 2.20. The number of nitrogens with one attached hydrogen (secondary N) is 1. The number of carboxylic acids is 1. The molecule has 1 atom stereocenters. The lowest BCUT2D eigenvalue weighted by molar-refractivity contribution is -0.141. The van der Waals surface area contributed by atoms with Crippen molar-refractivity contribution >= 4 is 33.8 Å². The van der Waals surface area contributed by atoms with Crippen LogP contribution >= 0.6 is 0 Å². The second-order valence-electron chi connectivity index (χ2n) is 6.30. The Labute approximate surface area is 148 Å². The van der Waals surface area contributed by atoms with E-state index in [1.165, 1.54) is 0 Å². The average molecular weight is 357 g/mol. The molecule has 0 spiro atoms. The average Bonchev–Trinajstić information content (AvgIpc) is 2.95. The quantitative estimate of drug-likeness (QED) is 0.679. The second kappa shape index (κ2) is 6.67. The molecule has 136 valence electrons. The van der Waals surface area contributed by atoms with Gasteiger partial charge in [-0.1, -0.05) is 6.92 Å². The number of carbonyl (C=O) groups is 2. The standard InChI is InChI=1S/C19H19NO6/c1-4-14(18(22)23)20-17(21)6-13-10(3)12-5-11-9(2)8-25-15(11)7-16(12)26-19(13)24/h5,7-8,14H,4,6H2,1-3H3,(H,20,21)(H,22,23). The van der Waals surface area contributed by atoms with Gasteiger partial charge in [0.2, 0.25) is 5.91 Å². The van der Waals surface area contributed by atoms with Crippen LogP contribution in [0.5, 0.6) is 0 Å². The molecule has 0 aliphatic rings. The SMILES string of the molecule is CCC(NC(=O)Cc1c(C)c2cc3c(C)coc3cc2oc1=O)C(=O)O. The molecule has 3 rings (SSSR count). The Balaban J connectivity index is 2.01. The van der Waals surface area contributed by atoms with Gasteiger partial charge in [-0.2, -0.15) is 0 Å². The van der Waals surface area contributed by atoms with Crippen molar-refractivity contribution in [2.75, 3.05) is 0 Å². The van der Waals surface area contributed by atoms with E-state index in [-0.39, 0.29) is 18.4 Å². The number of hydrogen-bond donors (Lipinski definition) is 2. The van der Waals surface area contributed by atoms with Crippen LogP contribution in [0.1, 0.15) is 30.0 Å². The van der Waals surface area contributed by atoms with Crippen molar-refractivity contribution in [3.63, 3.8) is 0 Å². The molecule has 0 bridgehead atoms. The van der Waals surface area contributed by atoms with E-state index in [0.717, 1.165) is 16.3 Å². The Morgan fingerprint density at radius 1 is 1.19 bits per heavy atom. The number of amides is 1. The summed E-state index contributed by atoms with van der Waals surface area (Å²) in [5.74, 6) is -1.64. The van der Waals surface area contributed by atoms with E-state index < -0.39 is 23.5 Å². The molecule has 7 nitrogen and oxygen atoms in total. The van der Waals surface area contributed by atoms with E-state index in [4.69, 9.17) is 13.9 Å². The minimum Gasteiger partial charge on any atom is -0.480 e. The van der Waals surface area contributed by atoms with Crippen molar-refractivity contribution in [2.45, 2.75) is 39.7 Å². The zero-order valence-electron chi connectivity index (χ0n) is 14.7. The number of fused-ring (bicyclic) bond motifs is 2. The molecule has 0 saturated heterocycles. The Kier molecular flexibility index (Phi) is 4.54. The molecule has 0 saturated carbocycles. The molecule has 7 heteroatoms. The highest BCUT2D eigenvalue weighted by Crippen LogP contribution is 2.28. The van der Waals surface area contributed by atoms with Crippen molar-refractivity contribution in [2.24, 2.45) is 0 Å². The number of aliphatic carboxylic acids is 1. The minimum atomic E-state index is -1.11. The predicted octanol–water partition coefficient (Wildman–Crippen LogP) is 2.68. The minimum absolute atomic E-state index is 0.218. The molecule has 1 amide bonds. The summed E-state index contributed by atoms with van der Waals surface area (Å²) < 4.78 is 10.8. The molecule has 0 aliphatic heterocycles. The van der Waals surface area contributed by atoms with Gasteiger partial charge in [0.25, 0.3) is 0 Å². The molecule has 3 aromatic rings. The van der Waals surface area contributed by atoms with Crippen LogP contribution in [0.15, 0.2) is 32.0 Å². The number of furan rings is 1. The molecule has 1 unspecified atom stereocenters. The van der Waals surface area contributed by atoms with Gasteiger partial charge < -0.3 is 19.3 Å². The summed E-state index contributed by atoms with van der Waals surface area (Å²) in [4.78, 5) is 35.6. The highest BCUT2D eigenvalue weighted by Gasteiger charge is 2.21. The van der Waals surface area contributed by atoms with E-state index in [1.807, 2.05) is 13.0 Å². The lowest BCUT2D eigenvalue weighted by atomic mass is 10.0. The number of carbonyl (C=O) groups excluding carboxylic acids is 1. The maximum atomic E-state index is 12.3. The predicted molar refractivity (Wildman–Crippen MR) is 95.3 cm³/mol. The first-order valence-electron chi connectivity index (χ1n) is 8.28. The van der Waals surface area contributed by atoms with Crippen molar-refractivity contribution in [1.29, 1.82) is 0 Å². The van der Waals surface area contributed by atoms with Gasteiger partial charge >= 0.3 is 11.6 Å². The Bertz CT molecular complexity index is 1070. The summed E-state index contributed by atoms with van der Waals surface area (Å²) in [6, 6.07) is 2.55. The van der Waals surface area contributed by atoms with Gasteiger partial charge in [0.15, 0.2) is 0 Å². The van der Waals surface area contributed by atoms with Gasteiger partial charge in [-0.15, -0.1) is 0 Å². The summed E-state index contributed by atoms with van der Waals surface area (Å²) in [6.45, 7) is 5.32. The van der Waals surface area contributed by atoms with Crippen LogP contribution in [0.2, 0.25) is 0 Å². The Morgan fingerprint density at radius 3 is 2.58 bits per heavy atom. The lowest BCUT2D eigenvalue weighted by Gasteiger charge is -2.13.